The maximum atomic E-state index is 15.2. The van der Waals surface area contributed by atoms with Crippen LogP contribution in [-0.4, -0.2) is 26.1 Å². The minimum absolute atomic E-state index is 0.0736. The number of fused-ring (bicyclic) bond motifs is 1. The monoisotopic (exact) mass is 470 g/mol. The molecule has 2 aromatic carbocycles. The van der Waals surface area contributed by atoms with Crippen LogP contribution in [0.25, 0.3) is 10.9 Å². The van der Waals surface area contributed by atoms with E-state index in [1.165, 1.54) is 18.3 Å². The van der Waals surface area contributed by atoms with E-state index in [2.05, 4.69) is 6.92 Å². The standard InChI is InChI=1S/C26H31FN2O3S/c1-5-10-28-16-25(33(31,32)20-9-8-18(3)19(4)12-20)26(30)21-13-22(27)24(14-23(21)28)29-11-6-7-17(2)15-29/h8-9,12-14,16-17H,5-7,10-11,15H2,1-4H3/t17-/m1/s1. The van der Waals surface area contributed by atoms with Crippen molar-refractivity contribution >= 4 is 26.4 Å². The summed E-state index contributed by atoms with van der Waals surface area (Å²) in [5.41, 5.74) is 2.18. The van der Waals surface area contributed by atoms with E-state index in [-0.39, 0.29) is 15.2 Å². The van der Waals surface area contributed by atoms with Gasteiger partial charge in [0.2, 0.25) is 15.3 Å². The zero-order valence-electron chi connectivity index (χ0n) is 19.7. The largest absolute Gasteiger partial charge is 0.369 e. The van der Waals surface area contributed by atoms with Gasteiger partial charge in [-0.05, 0) is 74.4 Å². The Hall–Kier alpha value is -2.67. The first kappa shape index (κ1) is 23.5. The number of rotatable bonds is 5. The number of nitrogens with zero attached hydrogens (tertiary/aromatic N) is 2. The first-order chi connectivity index (χ1) is 15.6. The Kier molecular flexibility index (Phi) is 6.36. The second kappa shape index (κ2) is 8.93. The Morgan fingerprint density at radius 2 is 1.88 bits per heavy atom. The number of piperidine rings is 1. The van der Waals surface area contributed by atoms with E-state index < -0.39 is 21.1 Å². The Balaban J connectivity index is 1.93. The molecule has 1 atom stereocenters. The van der Waals surface area contributed by atoms with Crippen LogP contribution in [0, 0.1) is 25.6 Å². The van der Waals surface area contributed by atoms with E-state index in [4.69, 9.17) is 0 Å². The molecule has 33 heavy (non-hydrogen) atoms. The molecular formula is C26H31FN2O3S. The predicted octanol–water partition coefficient (Wildman–Crippen LogP) is 5.24. The number of pyridine rings is 1. The van der Waals surface area contributed by atoms with Crippen LogP contribution in [0.1, 0.15) is 44.2 Å². The third-order valence-corrected chi connectivity index (χ3v) is 8.40. The SMILES string of the molecule is CCCn1cc(S(=O)(=O)c2ccc(C)c(C)c2)c(=O)c2cc(F)c(N3CCC[C@@H](C)C3)cc21. The fourth-order valence-electron chi connectivity index (χ4n) is 4.65. The summed E-state index contributed by atoms with van der Waals surface area (Å²) in [6, 6.07) is 7.77. The van der Waals surface area contributed by atoms with Crippen molar-refractivity contribution in [2.45, 2.75) is 63.3 Å². The second-order valence-corrected chi connectivity index (χ2v) is 11.2. The smallest absolute Gasteiger partial charge is 0.211 e. The molecule has 0 amide bonds. The molecule has 1 aliphatic rings. The lowest BCUT2D eigenvalue weighted by Crippen LogP contribution is -2.35. The van der Waals surface area contributed by atoms with Crippen molar-refractivity contribution < 1.29 is 12.8 Å². The molecule has 1 fully saturated rings. The molecule has 1 aliphatic heterocycles. The summed E-state index contributed by atoms with van der Waals surface area (Å²) in [4.78, 5) is 15.2. The highest BCUT2D eigenvalue weighted by Gasteiger charge is 2.26. The van der Waals surface area contributed by atoms with E-state index in [1.807, 2.05) is 25.7 Å². The zero-order chi connectivity index (χ0) is 23.9. The summed E-state index contributed by atoms with van der Waals surface area (Å²) in [6.07, 6.45) is 4.28. The predicted molar refractivity (Wildman–Crippen MR) is 130 cm³/mol. The van der Waals surface area contributed by atoms with Crippen molar-refractivity contribution in [3.05, 3.63) is 63.7 Å². The summed E-state index contributed by atoms with van der Waals surface area (Å²) < 4.78 is 43.9. The van der Waals surface area contributed by atoms with Crippen molar-refractivity contribution in [1.29, 1.82) is 0 Å². The summed E-state index contributed by atoms with van der Waals surface area (Å²) in [5.74, 6) is -0.0188. The number of anilines is 1. The molecule has 7 heteroatoms. The normalized spacial score (nSPS) is 17.0. The highest BCUT2D eigenvalue weighted by atomic mass is 32.2. The average Bonchev–Trinajstić information content (AvgIpc) is 2.77. The van der Waals surface area contributed by atoms with Crippen LogP contribution < -0.4 is 10.3 Å². The molecule has 0 aliphatic carbocycles. The van der Waals surface area contributed by atoms with Gasteiger partial charge in [-0.3, -0.25) is 4.79 Å². The Morgan fingerprint density at radius 1 is 1.12 bits per heavy atom. The maximum Gasteiger partial charge on any atom is 0.211 e. The molecule has 0 spiro atoms. The molecule has 0 saturated carbocycles. The lowest BCUT2D eigenvalue weighted by atomic mass is 9.99. The highest BCUT2D eigenvalue weighted by molar-refractivity contribution is 7.91. The molecule has 1 aromatic heterocycles. The van der Waals surface area contributed by atoms with E-state index >= 15 is 4.39 Å². The van der Waals surface area contributed by atoms with Crippen LogP contribution in [0.3, 0.4) is 0 Å². The van der Waals surface area contributed by atoms with Gasteiger partial charge < -0.3 is 9.47 Å². The van der Waals surface area contributed by atoms with Crippen molar-refractivity contribution in [3.63, 3.8) is 0 Å². The molecule has 0 radical (unpaired) electrons. The second-order valence-electron chi connectivity index (χ2n) is 9.28. The van der Waals surface area contributed by atoms with E-state index in [1.54, 1.807) is 22.8 Å². The van der Waals surface area contributed by atoms with Gasteiger partial charge >= 0.3 is 0 Å². The summed E-state index contributed by atoms with van der Waals surface area (Å²) >= 11 is 0. The van der Waals surface area contributed by atoms with Crippen LogP contribution in [0.2, 0.25) is 0 Å². The molecule has 0 unspecified atom stereocenters. The van der Waals surface area contributed by atoms with Gasteiger partial charge in [-0.15, -0.1) is 0 Å². The van der Waals surface area contributed by atoms with Gasteiger partial charge in [-0.25, -0.2) is 12.8 Å². The molecular weight excluding hydrogens is 439 g/mol. The van der Waals surface area contributed by atoms with Crippen LogP contribution in [0.5, 0.6) is 0 Å². The van der Waals surface area contributed by atoms with Gasteiger partial charge in [0.25, 0.3) is 0 Å². The van der Waals surface area contributed by atoms with E-state index in [0.29, 0.717) is 23.7 Å². The van der Waals surface area contributed by atoms with Gasteiger partial charge in [0.1, 0.15) is 10.7 Å². The van der Waals surface area contributed by atoms with Crippen LogP contribution in [0.15, 0.2) is 51.1 Å². The summed E-state index contributed by atoms with van der Waals surface area (Å²) in [5, 5.41) is 0.0969. The minimum atomic E-state index is -4.06. The van der Waals surface area contributed by atoms with Gasteiger partial charge in [0.15, 0.2) is 0 Å². The Bertz CT molecular complexity index is 1380. The number of aryl methyl sites for hydroxylation is 3. The maximum absolute atomic E-state index is 15.2. The number of sulfone groups is 1. The van der Waals surface area contributed by atoms with E-state index in [0.717, 1.165) is 43.5 Å². The third-order valence-electron chi connectivity index (χ3n) is 6.66. The lowest BCUT2D eigenvalue weighted by Gasteiger charge is -2.33. The van der Waals surface area contributed by atoms with Gasteiger partial charge in [0, 0.05) is 25.8 Å². The van der Waals surface area contributed by atoms with Crippen molar-refractivity contribution in [2.24, 2.45) is 5.92 Å². The minimum Gasteiger partial charge on any atom is -0.369 e. The number of aromatic nitrogens is 1. The zero-order valence-corrected chi connectivity index (χ0v) is 20.5. The Labute approximate surface area is 194 Å². The first-order valence-electron chi connectivity index (χ1n) is 11.6. The van der Waals surface area contributed by atoms with Crippen LogP contribution in [-0.2, 0) is 16.4 Å². The molecule has 3 aromatic rings. The van der Waals surface area contributed by atoms with Gasteiger partial charge in [-0.1, -0.05) is 19.9 Å². The van der Waals surface area contributed by atoms with Crippen molar-refractivity contribution in [3.8, 4) is 0 Å². The topological polar surface area (TPSA) is 59.4 Å². The lowest BCUT2D eigenvalue weighted by molar-refractivity contribution is 0.442. The third kappa shape index (κ3) is 4.31. The summed E-state index contributed by atoms with van der Waals surface area (Å²) in [7, 11) is -4.06. The average molecular weight is 471 g/mol. The molecule has 176 valence electrons. The van der Waals surface area contributed by atoms with Crippen molar-refractivity contribution in [2.75, 3.05) is 18.0 Å². The molecule has 4 rings (SSSR count). The molecule has 5 nitrogen and oxygen atoms in total. The first-order valence-corrected chi connectivity index (χ1v) is 13.1. The number of hydrogen-bond donors (Lipinski definition) is 0. The van der Waals surface area contributed by atoms with E-state index in [9.17, 15) is 13.2 Å². The molecule has 2 heterocycles. The molecule has 0 bridgehead atoms. The summed E-state index contributed by atoms with van der Waals surface area (Å²) in [6.45, 7) is 9.93. The number of benzene rings is 2. The number of halogens is 1. The highest BCUT2D eigenvalue weighted by Crippen LogP contribution is 2.30. The molecule has 0 N–H and O–H groups in total. The van der Waals surface area contributed by atoms with Crippen LogP contribution >= 0.6 is 0 Å². The molecule has 1 saturated heterocycles. The quantitative estimate of drug-likeness (QED) is 0.512. The van der Waals surface area contributed by atoms with Gasteiger partial charge in [0.05, 0.1) is 21.5 Å². The number of hydrogen-bond acceptors (Lipinski definition) is 4. The Morgan fingerprint density at radius 3 is 2.55 bits per heavy atom. The van der Waals surface area contributed by atoms with Crippen LogP contribution in [0.4, 0.5) is 10.1 Å². The van der Waals surface area contributed by atoms with Gasteiger partial charge in [-0.2, -0.15) is 0 Å². The fourth-order valence-corrected chi connectivity index (χ4v) is 6.10. The fraction of sp³-hybridized carbons (Fsp3) is 0.423. The van der Waals surface area contributed by atoms with Crippen molar-refractivity contribution in [1.82, 2.24) is 4.57 Å².